The molecule has 2 aliphatic heterocycles. The van der Waals surface area contributed by atoms with Crippen LogP contribution in [0.2, 0.25) is 0 Å². The minimum atomic E-state index is -0.306. The number of nitrogens with one attached hydrogen (secondary N) is 1. The quantitative estimate of drug-likeness (QED) is 0.441. The van der Waals surface area contributed by atoms with E-state index in [2.05, 4.69) is 32.8 Å². The maximum absolute atomic E-state index is 11.2. The Bertz CT molecular complexity index is 556. The highest BCUT2D eigenvalue weighted by Gasteiger charge is 2.25. The van der Waals surface area contributed by atoms with Gasteiger partial charge in [-0.05, 0) is 59.9 Å². The van der Waals surface area contributed by atoms with E-state index >= 15 is 0 Å². The summed E-state index contributed by atoms with van der Waals surface area (Å²) in [5.41, 5.74) is 0.806. The van der Waals surface area contributed by atoms with Crippen molar-refractivity contribution in [3.8, 4) is 0 Å². The highest BCUT2D eigenvalue weighted by Crippen LogP contribution is 2.28. The molecule has 6 nitrogen and oxygen atoms in total. The summed E-state index contributed by atoms with van der Waals surface area (Å²) in [6.07, 6.45) is 3.22. The van der Waals surface area contributed by atoms with Gasteiger partial charge in [-0.2, -0.15) is 0 Å². The Morgan fingerprint density at radius 3 is 2.78 bits per heavy atom. The van der Waals surface area contributed by atoms with E-state index in [9.17, 15) is 10.1 Å². The maximum atomic E-state index is 11.2. The minimum Gasteiger partial charge on any atom is -0.381 e. The van der Waals surface area contributed by atoms with E-state index < -0.39 is 0 Å². The van der Waals surface area contributed by atoms with Gasteiger partial charge in [-0.1, -0.05) is 0 Å². The molecule has 0 aromatic heterocycles. The summed E-state index contributed by atoms with van der Waals surface area (Å²) in [5.74, 6) is 0.678. The van der Waals surface area contributed by atoms with Gasteiger partial charge in [0, 0.05) is 41.9 Å². The molecule has 0 bridgehead atoms. The molecule has 7 heteroatoms. The zero-order valence-electron chi connectivity index (χ0n) is 13.0. The van der Waals surface area contributed by atoms with E-state index in [4.69, 9.17) is 4.74 Å². The number of ether oxygens (including phenoxy) is 1. The predicted molar refractivity (Wildman–Crippen MR) is 97.8 cm³/mol. The zero-order chi connectivity index (χ0) is 16.2. The number of anilines is 1. The lowest BCUT2D eigenvalue weighted by atomic mass is 10.0. The highest BCUT2D eigenvalue weighted by molar-refractivity contribution is 14.1. The van der Waals surface area contributed by atoms with E-state index in [1.807, 2.05) is 12.1 Å². The van der Waals surface area contributed by atoms with E-state index in [0.717, 1.165) is 49.3 Å². The zero-order valence-corrected chi connectivity index (χ0v) is 15.2. The van der Waals surface area contributed by atoms with Crippen molar-refractivity contribution in [2.24, 2.45) is 5.92 Å². The van der Waals surface area contributed by atoms with Crippen LogP contribution in [0.1, 0.15) is 19.3 Å². The van der Waals surface area contributed by atoms with Crippen molar-refractivity contribution < 1.29 is 9.66 Å². The summed E-state index contributed by atoms with van der Waals surface area (Å²) >= 11 is 2.10. The lowest BCUT2D eigenvalue weighted by Crippen LogP contribution is -2.41. The van der Waals surface area contributed by atoms with Crippen LogP contribution in [0.25, 0.3) is 0 Å². The Hall–Kier alpha value is -0.930. The summed E-state index contributed by atoms with van der Waals surface area (Å²) in [6, 6.07) is 5.66. The van der Waals surface area contributed by atoms with Gasteiger partial charge in [-0.25, -0.2) is 0 Å². The largest absolute Gasteiger partial charge is 0.381 e. The molecular formula is C16H22IN3O3. The van der Waals surface area contributed by atoms with E-state index in [0.29, 0.717) is 17.6 Å². The minimum absolute atomic E-state index is 0.169. The molecule has 3 rings (SSSR count). The second kappa shape index (κ2) is 7.76. The fourth-order valence-electron chi connectivity index (χ4n) is 3.35. The second-order valence-electron chi connectivity index (χ2n) is 6.37. The van der Waals surface area contributed by atoms with Crippen LogP contribution in [-0.2, 0) is 4.74 Å². The Balaban J connectivity index is 1.53. The Morgan fingerprint density at radius 2 is 2.13 bits per heavy atom. The van der Waals surface area contributed by atoms with Gasteiger partial charge in [0.25, 0.3) is 5.69 Å². The van der Waals surface area contributed by atoms with Crippen molar-refractivity contribution >= 4 is 34.0 Å². The summed E-state index contributed by atoms with van der Waals surface area (Å²) in [7, 11) is 0. The molecule has 0 spiro atoms. The molecule has 1 unspecified atom stereocenters. The van der Waals surface area contributed by atoms with Gasteiger partial charge < -0.3 is 15.0 Å². The summed E-state index contributed by atoms with van der Waals surface area (Å²) in [6.45, 7) is 5.02. The fourth-order valence-corrected chi connectivity index (χ4v) is 3.82. The maximum Gasteiger partial charge on any atom is 0.293 e. The second-order valence-corrected chi connectivity index (χ2v) is 7.61. The molecule has 1 aromatic rings. The molecule has 0 saturated carbocycles. The third-order valence-electron chi connectivity index (χ3n) is 4.64. The molecule has 2 aliphatic rings. The topological polar surface area (TPSA) is 67.6 Å². The molecule has 2 heterocycles. The van der Waals surface area contributed by atoms with Gasteiger partial charge in [0.1, 0.15) is 5.69 Å². The number of nitrogens with zero attached hydrogens (tertiary/aromatic N) is 2. The summed E-state index contributed by atoms with van der Waals surface area (Å²) < 4.78 is 6.32. The monoisotopic (exact) mass is 431 g/mol. The number of piperidine rings is 1. The Kier molecular flexibility index (Phi) is 5.71. The average molecular weight is 431 g/mol. The molecule has 2 saturated heterocycles. The van der Waals surface area contributed by atoms with Crippen molar-refractivity contribution in [1.82, 2.24) is 4.90 Å². The highest BCUT2D eigenvalue weighted by atomic mass is 127. The number of rotatable bonds is 5. The molecule has 1 aromatic carbocycles. The van der Waals surface area contributed by atoms with E-state index in [1.54, 1.807) is 6.07 Å². The molecule has 1 N–H and O–H groups in total. The number of likely N-dealkylation sites (tertiary alicyclic amines) is 1. The van der Waals surface area contributed by atoms with Crippen molar-refractivity contribution in [3.63, 3.8) is 0 Å². The number of nitro benzene ring substituents is 1. The van der Waals surface area contributed by atoms with Crippen molar-refractivity contribution in [2.75, 3.05) is 38.2 Å². The fraction of sp³-hybridized carbons (Fsp3) is 0.625. The number of hydrogen-bond donors (Lipinski definition) is 1. The predicted octanol–water partition coefficient (Wildman–Crippen LogP) is 3.11. The third kappa shape index (κ3) is 4.54. The number of nitro groups is 1. The standard InChI is InChI=1S/C16H22IN3O3/c17-13-1-2-15(16(9-13)20(21)22)18-14-3-6-19(7-4-14)10-12-5-8-23-11-12/h1-2,9,12,14,18H,3-8,10-11H2. The molecule has 126 valence electrons. The Morgan fingerprint density at radius 1 is 1.35 bits per heavy atom. The first kappa shape index (κ1) is 16.9. The summed E-state index contributed by atoms with van der Waals surface area (Å²) in [5, 5.41) is 14.6. The summed E-state index contributed by atoms with van der Waals surface area (Å²) in [4.78, 5) is 13.4. The van der Waals surface area contributed by atoms with Gasteiger partial charge in [0.15, 0.2) is 0 Å². The van der Waals surface area contributed by atoms with Crippen LogP contribution >= 0.6 is 22.6 Å². The van der Waals surface area contributed by atoms with Gasteiger partial charge in [0.2, 0.25) is 0 Å². The van der Waals surface area contributed by atoms with Gasteiger partial charge in [-0.15, -0.1) is 0 Å². The third-order valence-corrected chi connectivity index (χ3v) is 5.32. The molecule has 0 radical (unpaired) electrons. The van der Waals surface area contributed by atoms with Gasteiger partial charge in [-0.3, -0.25) is 10.1 Å². The van der Waals surface area contributed by atoms with E-state index in [-0.39, 0.29) is 10.6 Å². The lowest BCUT2D eigenvalue weighted by molar-refractivity contribution is -0.384. The van der Waals surface area contributed by atoms with Gasteiger partial charge >= 0.3 is 0 Å². The van der Waals surface area contributed by atoms with Crippen LogP contribution in [0.4, 0.5) is 11.4 Å². The molecule has 0 amide bonds. The molecule has 23 heavy (non-hydrogen) atoms. The van der Waals surface area contributed by atoms with Crippen LogP contribution in [0.15, 0.2) is 18.2 Å². The van der Waals surface area contributed by atoms with Crippen molar-refractivity contribution in [2.45, 2.75) is 25.3 Å². The van der Waals surface area contributed by atoms with Crippen molar-refractivity contribution in [1.29, 1.82) is 0 Å². The Labute approximate surface area is 149 Å². The van der Waals surface area contributed by atoms with Crippen LogP contribution < -0.4 is 5.32 Å². The average Bonchev–Trinajstić information content (AvgIpc) is 3.04. The van der Waals surface area contributed by atoms with Crippen LogP contribution in [0.3, 0.4) is 0 Å². The number of hydrogen-bond acceptors (Lipinski definition) is 5. The molecule has 2 fully saturated rings. The van der Waals surface area contributed by atoms with Gasteiger partial charge in [0.05, 0.1) is 11.5 Å². The lowest BCUT2D eigenvalue weighted by Gasteiger charge is -2.34. The first-order valence-electron chi connectivity index (χ1n) is 8.12. The van der Waals surface area contributed by atoms with Crippen LogP contribution in [0, 0.1) is 19.6 Å². The number of halogens is 1. The number of benzene rings is 1. The smallest absolute Gasteiger partial charge is 0.293 e. The van der Waals surface area contributed by atoms with Crippen molar-refractivity contribution in [3.05, 3.63) is 31.9 Å². The molecular weight excluding hydrogens is 409 g/mol. The first-order valence-corrected chi connectivity index (χ1v) is 9.20. The molecule has 1 atom stereocenters. The first-order chi connectivity index (χ1) is 11.1. The normalized spacial score (nSPS) is 23.1. The van der Waals surface area contributed by atoms with Crippen LogP contribution in [0.5, 0.6) is 0 Å². The van der Waals surface area contributed by atoms with Crippen LogP contribution in [-0.4, -0.2) is 48.7 Å². The SMILES string of the molecule is O=[N+]([O-])c1cc(I)ccc1NC1CCN(CC2CCOC2)CC1. The molecule has 0 aliphatic carbocycles. The van der Waals surface area contributed by atoms with E-state index in [1.165, 1.54) is 6.42 Å².